The van der Waals surface area contributed by atoms with Crippen LogP contribution in [0.3, 0.4) is 0 Å². The first-order chi connectivity index (χ1) is 13.0. The Labute approximate surface area is 155 Å². The van der Waals surface area contributed by atoms with E-state index in [2.05, 4.69) is 5.32 Å². The molecule has 0 aromatic heterocycles. The van der Waals surface area contributed by atoms with Gasteiger partial charge in [-0.15, -0.1) is 0 Å². The molecule has 144 valence electrons. The Bertz CT molecular complexity index is 827. The van der Waals surface area contributed by atoms with Gasteiger partial charge < -0.3 is 19.5 Å². The molecule has 0 bridgehead atoms. The van der Waals surface area contributed by atoms with E-state index in [1.807, 2.05) is 0 Å². The van der Waals surface area contributed by atoms with Gasteiger partial charge in [0.05, 0.1) is 24.2 Å². The minimum absolute atomic E-state index is 0.00860. The summed E-state index contributed by atoms with van der Waals surface area (Å²) in [6, 6.07) is 8.01. The van der Waals surface area contributed by atoms with Crippen molar-refractivity contribution in [1.82, 2.24) is 0 Å². The number of rotatable bonds is 9. The zero-order valence-corrected chi connectivity index (χ0v) is 14.9. The molecule has 0 saturated carbocycles. The molecule has 2 aromatic carbocycles. The van der Waals surface area contributed by atoms with Crippen LogP contribution in [0.15, 0.2) is 36.4 Å². The first kappa shape index (κ1) is 20.1. The average Bonchev–Trinajstić information content (AvgIpc) is 2.66. The number of non-ortho nitro benzene ring substituents is 1. The van der Waals surface area contributed by atoms with Crippen molar-refractivity contribution in [2.24, 2.45) is 0 Å². The summed E-state index contributed by atoms with van der Waals surface area (Å²) in [6.07, 6.45) is 0. The molecule has 0 spiro atoms. The number of carbonyl (C=O) groups is 1. The van der Waals surface area contributed by atoms with Crippen LogP contribution in [-0.4, -0.2) is 38.3 Å². The Kier molecular flexibility index (Phi) is 7.07. The molecule has 2 aromatic rings. The van der Waals surface area contributed by atoms with Gasteiger partial charge in [-0.1, -0.05) is 6.07 Å². The van der Waals surface area contributed by atoms with Crippen LogP contribution >= 0.6 is 0 Å². The molecular formula is C18H19FN2O6. The van der Waals surface area contributed by atoms with Gasteiger partial charge in [0, 0.05) is 31.5 Å². The molecule has 8 nitrogen and oxygen atoms in total. The number of methoxy groups -OCH3 is 2. The smallest absolute Gasteiger partial charge is 0.340 e. The monoisotopic (exact) mass is 378 g/mol. The van der Waals surface area contributed by atoms with Gasteiger partial charge in [-0.05, 0) is 23.8 Å². The van der Waals surface area contributed by atoms with Crippen molar-refractivity contribution in [2.45, 2.75) is 6.61 Å². The van der Waals surface area contributed by atoms with Gasteiger partial charge in [0.25, 0.3) is 5.69 Å². The van der Waals surface area contributed by atoms with E-state index in [9.17, 15) is 19.3 Å². The number of nitro groups is 1. The predicted octanol–water partition coefficient (Wildman–Crippen LogP) is 3.16. The van der Waals surface area contributed by atoms with Gasteiger partial charge in [-0.2, -0.15) is 0 Å². The molecule has 0 aliphatic rings. The summed E-state index contributed by atoms with van der Waals surface area (Å²) in [4.78, 5) is 22.8. The first-order valence-electron chi connectivity index (χ1n) is 7.97. The molecule has 1 N–H and O–H groups in total. The van der Waals surface area contributed by atoms with Crippen LogP contribution in [0.2, 0.25) is 0 Å². The SMILES string of the molecule is COCCNc1ccc([N+](=O)[O-])cc1C(=O)OCc1ccc(OC)c(F)c1. The van der Waals surface area contributed by atoms with E-state index in [0.717, 1.165) is 6.07 Å². The number of esters is 1. The molecule has 0 aliphatic carbocycles. The Morgan fingerprint density at radius 3 is 2.63 bits per heavy atom. The number of anilines is 1. The van der Waals surface area contributed by atoms with Crippen molar-refractivity contribution >= 4 is 17.3 Å². The molecule has 0 radical (unpaired) electrons. The number of benzene rings is 2. The van der Waals surface area contributed by atoms with E-state index in [0.29, 0.717) is 24.4 Å². The molecule has 27 heavy (non-hydrogen) atoms. The van der Waals surface area contributed by atoms with E-state index < -0.39 is 16.7 Å². The number of nitro benzene ring substituents is 1. The average molecular weight is 378 g/mol. The zero-order valence-electron chi connectivity index (χ0n) is 14.9. The van der Waals surface area contributed by atoms with E-state index in [1.165, 1.54) is 38.5 Å². The highest BCUT2D eigenvalue weighted by Crippen LogP contribution is 2.24. The third-order valence-electron chi connectivity index (χ3n) is 3.64. The standard InChI is InChI=1S/C18H19FN2O6/c1-25-8-7-20-16-5-4-13(21(23)24)10-14(16)18(22)27-11-12-3-6-17(26-2)15(19)9-12/h3-6,9-10,20H,7-8,11H2,1-2H3. The second kappa shape index (κ2) is 9.48. The lowest BCUT2D eigenvalue weighted by Gasteiger charge is -2.12. The Morgan fingerprint density at radius 2 is 2.00 bits per heavy atom. The lowest BCUT2D eigenvalue weighted by Crippen LogP contribution is -2.13. The number of nitrogens with one attached hydrogen (secondary N) is 1. The van der Waals surface area contributed by atoms with Crippen LogP contribution in [0.25, 0.3) is 0 Å². The Morgan fingerprint density at radius 1 is 1.22 bits per heavy atom. The van der Waals surface area contributed by atoms with E-state index in [-0.39, 0.29) is 23.6 Å². The van der Waals surface area contributed by atoms with Crippen molar-refractivity contribution in [3.63, 3.8) is 0 Å². The molecule has 0 saturated heterocycles. The van der Waals surface area contributed by atoms with Crippen molar-refractivity contribution in [1.29, 1.82) is 0 Å². The number of nitrogens with zero attached hydrogens (tertiary/aromatic N) is 1. The van der Waals surface area contributed by atoms with Crippen molar-refractivity contribution in [3.8, 4) is 5.75 Å². The van der Waals surface area contributed by atoms with Crippen LogP contribution in [-0.2, 0) is 16.1 Å². The maximum Gasteiger partial charge on any atom is 0.340 e. The maximum absolute atomic E-state index is 13.7. The highest BCUT2D eigenvalue weighted by Gasteiger charge is 2.18. The van der Waals surface area contributed by atoms with Crippen LogP contribution in [0, 0.1) is 15.9 Å². The van der Waals surface area contributed by atoms with E-state index in [4.69, 9.17) is 14.2 Å². The van der Waals surface area contributed by atoms with Gasteiger partial charge in [0.15, 0.2) is 11.6 Å². The molecular weight excluding hydrogens is 359 g/mol. The quantitative estimate of drug-likeness (QED) is 0.310. The van der Waals surface area contributed by atoms with Gasteiger partial charge >= 0.3 is 5.97 Å². The Hall–Kier alpha value is -3.20. The lowest BCUT2D eigenvalue weighted by molar-refractivity contribution is -0.384. The summed E-state index contributed by atoms with van der Waals surface area (Å²) >= 11 is 0. The highest BCUT2D eigenvalue weighted by molar-refractivity contribution is 5.96. The third kappa shape index (κ3) is 5.38. The van der Waals surface area contributed by atoms with Crippen LogP contribution in [0.5, 0.6) is 5.75 Å². The van der Waals surface area contributed by atoms with E-state index >= 15 is 0 Å². The van der Waals surface area contributed by atoms with Gasteiger partial charge in [0.2, 0.25) is 0 Å². The molecule has 9 heteroatoms. The number of carbonyl (C=O) groups excluding carboxylic acids is 1. The summed E-state index contributed by atoms with van der Waals surface area (Å²) in [5, 5.41) is 13.9. The predicted molar refractivity (Wildman–Crippen MR) is 95.5 cm³/mol. The Balaban J connectivity index is 2.16. The number of hydrogen-bond acceptors (Lipinski definition) is 7. The lowest BCUT2D eigenvalue weighted by atomic mass is 10.1. The summed E-state index contributed by atoms with van der Waals surface area (Å²) < 4.78 is 28.7. The van der Waals surface area contributed by atoms with Crippen molar-refractivity contribution in [2.75, 3.05) is 32.7 Å². The van der Waals surface area contributed by atoms with Crippen LogP contribution in [0.4, 0.5) is 15.8 Å². The fourth-order valence-electron chi connectivity index (χ4n) is 2.28. The fraction of sp³-hybridized carbons (Fsp3) is 0.278. The first-order valence-corrected chi connectivity index (χ1v) is 7.97. The minimum atomic E-state index is -0.769. The molecule has 0 heterocycles. The highest BCUT2D eigenvalue weighted by atomic mass is 19.1. The molecule has 0 aliphatic heterocycles. The normalized spacial score (nSPS) is 10.3. The van der Waals surface area contributed by atoms with Crippen molar-refractivity contribution < 1.29 is 28.3 Å². The summed E-state index contributed by atoms with van der Waals surface area (Å²) in [6.45, 7) is 0.592. The van der Waals surface area contributed by atoms with Gasteiger partial charge in [-0.3, -0.25) is 10.1 Å². The number of ether oxygens (including phenoxy) is 3. The van der Waals surface area contributed by atoms with Gasteiger partial charge in [-0.25, -0.2) is 9.18 Å². The number of hydrogen-bond donors (Lipinski definition) is 1. The fourth-order valence-corrected chi connectivity index (χ4v) is 2.28. The summed E-state index contributed by atoms with van der Waals surface area (Å²) in [5.74, 6) is -1.27. The molecule has 0 fully saturated rings. The summed E-state index contributed by atoms with van der Waals surface area (Å²) in [5.41, 5.74) is 0.563. The zero-order chi connectivity index (χ0) is 19.8. The topological polar surface area (TPSA) is 99.9 Å². The second-order valence-electron chi connectivity index (χ2n) is 5.45. The van der Waals surface area contributed by atoms with Crippen molar-refractivity contribution in [3.05, 3.63) is 63.5 Å². The van der Waals surface area contributed by atoms with Crippen LogP contribution < -0.4 is 10.1 Å². The number of halogens is 1. The van der Waals surface area contributed by atoms with E-state index in [1.54, 1.807) is 6.07 Å². The third-order valence-corrected chi connectivity index (χ3v) is 3.64. The molecule has 0 atom stereocenters. The maximum atomic E-state index is 13.7. The second-order valence-corrected chi connectivity index (χ2v) is 5.45. The van der Waals surface area contributed by atoms with Crippen LogP contribution in [0.1, 0.15) is 15.9 Å². The van der Waals surface area contributed by atoms with Gasteiger partial charge in [0.1, 0.15) is 6.61 Å². The molecule has 0 unspecified atom stereocenters. The minimum Gasteiger partial charge on any atom is -0.494 e. The molecule has 2 rings (SSSR count). The summed E-state index contributed by atoms with van der Waals surface area (Å²) in [7, 11) is 2.87. The molecule has 0 amide bonds. The largest absolute Gasteiger partial charge is 0.494 e.